The van der Waals surface area contributed by atoms with E-state index < -0.39 is 8.80 Å². The molecule has 0 aliphatic rings. The van der Waals surface area contributed by atoms with E-state index in [4.69, 9.17) is 18.0 Å². The van der Waals surface area contributed by atoms with Gasteiger partial charge in [0, 0.05) is 31.9 Å². The molecular weight excluding hydrogens is 312 g/mol. The summed E-state index contributed by atoms with van der Waals surface area (Å²) in [6.45, 7) is 13.5. The number of carbonyl (C=O) groups excluding carboxylic acids is 1. The second kappa shape index (κ2) is 13.7. The molecule has 0 amide bonds. The summed E-state index contributed by atoms with van der Waals surface area (Å²) in [6, 6.07) is 0.753. The minimum atomic E-state index is -2.63. The number of hydrogen-bond acceptors (Lipinski definition) is 5. The first kappa shape index (κ1) is 22.3. The first-order valence-corrected chi connectivity index (χ1v) is 10.7. The van der Waals surface area contributed by atoms with E-state index in [0.717, 1.165) is 38.1 Å². The maximum Gasteiger partial charge on any atom is 0.500 e. The Labute approximate surface area is 142 Å². The fourth-order valence-corrected chi connectivity index (χ4v) is 4.89. The number of ether oxygens (including phenoxy) is 1. The van der Waals surface area contributed by atoms with Crippen molar-refractivity contribution in [2.45, 2.75) is 71.9 Å². The normalized spacial score (nSPS) is 12.9. The lowest BCUT2D eigenvalue weighted by molar-refractivity contribution is -0.142. The van der Waals surface area contributed by atoms with Gasteiger partial charge in [-0.3, -0.25) is 0 Å². The van der Waals surface area contributed by atoms with Gasteiger partial charge in [0.15, 0.2) is 0 Å². The van der Waals surface area contributed by atoms with Crippen LogP contribution in [-0.4, -0.2) is 40.7 Å². The van der Waals surface area contributed by atoms with Crippen LogP contribution in [0, 0.1) is 0 Å². The smallest absolute Gasteiger partial charge is 0.460 e. The third-order valence-electron chi connectivity index (χ3n) is 3.16. The summed E-state index contributed by atoms with van der Waals surface area (Å²) >= 11 is 0. The van der Waals surface area contributed by atoms with E-state index in [1.54, 1.807) is 0 Å². The zero-order valence-electron chi connectivity index (χ0n) is 15.3. The van der Waals surface area contributed by atoms with E-state index in [9.17, 15) is 4.79 Å². The molecule has 1 atom stereocenters. The average Bonchev–Trinajstić information content (AvgIpc) is 2.55. The Morgan fingerprint density at radius 1 is 1.04 bits per heavy atom. The van der Waals surface area contributed by atoms with Crippen LogP contribution < -0.4 is 0 Å². The van der Waals surface area contributed by atoms with E-state index in [1.807, 2.05) is 6.92 Å². The topological polar surface area (TPSA) is 54.0 Å². The van der Waals surface area contributed by atoms with E-state index in [0.29, 0.717) is 19.8 Å². The predicted molar refractivity (Wildman–Crippen MR) is 94.3 cm³/mol. The zero-order valence-corrected chi connectivity index (χ0v) is 16.3. The standard InChI is InChI=1S/C17H34O5Si/c1-6-12-19-23(20-13-7-2,21-14-8-3)15-10-11-16(5)22-17(18)9-4/h9,16H,4,6-8,10-15H2,1-3,5H3. The summed E-state index contributed by atoms with van der Waals surface area (Å²) in [4.78, 5) is 11.2. The molecule has 0 heterocycles. The van der Waals surface area contributed by atoms with Gasteiger partial charge in [-0.05, 0) is 39.0 Å². The lowest BCUT2D eigenvalue weighted by Crippen LogP contribution is -2.46. The van der Waals surface area contributed by atoms with Gasteiger partial charge in [-0.2, -0.15) is 0 Å². The Bertz CT molecular complexity index is 300. The molecule has 0 aliphatic heterocycles. The van der Waals surface area contributed by atoms with Gasteiger partial charge in [-0.1, -0.05) is 27.4 Å². The fourth-order valence-electron chi connectivity index (χ4n) is 2.03. The van der Waals surface area contributed by atoms with Crippen molar-refractivity contribution >= 4 is 14.8 Å². The van der Waals surface area contributed by atoms with Crippen LogP contribution in [0.1, 0.15) is 59.8 Å². The molecule has 0 aromatic carbocycles. The van der Waals surface area contributed by atoms with Gasteiger partial charge >= 0.3 is 14.8 Å². The first-order valence-electron chi connectivity index (χ1n) is 8.78. The van der Waals surface area contributed by atoms with Crippen molar-refractivity contribution in [3.63, 3.8) is 0 Å². The summed E-state index contributed by atoms with van der Waals surface area (Å²) < 4.78 is 23.3. The van der Waals surface area contributed by atoms with Gasteiger partial charge in [-0.15, -0.1) is 0 Å². The van der Waals surface area contributed by atoms with Crippen molar-refractivity contribution in [2.75, 3.05) is 19.8 Å². The highest BCUT2D eigenvalue weighted by molar-refractivity contribution is 6.60. The highest BCUT2D eigenvalue weighted by Gasteiger charge is 2.40. The van der Waals surface area contributed by atoms with Gasteiger partial charge in [0.2, 0.25) is 0 Å². The van der Waals surface area contributed by atoms with Crippen molar-refractivity contribution in [1.82, 2.24) is 0 Å². The highest BCUT2D eigenvalue weighted by Crippen LogP contribution is 2.21. The summed E-state index contributed by atoms with van der Waals surface area (Å²) in [7, 11) is -2.63. The van der Waals surface area contributed by atoms with Gasteiger partial charge in [0.25, 0.3) is 0 Å². The fraction of sp³-hybridized carbons (Fsp3) is 0.824. The third-order valence-corrected chi connectivity index (χ3v) is 6.05. The monoisotopic (exact) mass is 346 g/mol. The zero-order chi connectivity index (χ0) is 17.6. The molecule has 23 heavy (non-hydrogen) atoms. The molecule has 5 nitrogen and oxygen atoms in total. The Kier molecular flexibility index (Phi) is 13.3. The average molecular weight is 347 g/mol. The van der Waals surface area contributed by atoms with Crippen molar-refractivity contribution < 1.29 is 22.8 Å². The molecule has 0 aromatic rings. The summed E-state index contributed by atoms with van der Waals surface area (Å²) in [5.41, 5.74) is 0. The molecule has 6 heteroatoms. The summed E-state index contributed by atoms with van der Waals surface area (Å²) in [6.07, 6.45) is 5.46. The molecule has 0 spiro atoms. The summed E-state index contributed by atoms with van der Waals surface area (Å²) in [5.74, 6) is -0.382. The van der Waals surface area contributed by atoms with Crippen molar-refractivity contribution in [2.24, 2.45) is 0 Å². The van der Waals surface area contributed by atoms with E-state index in [1.165, 1.54) is 6.08 Å². The first-order chi connectivity index (χ1) is 11.0. The molecule has 0 N–H and O–H groups in total. The Hall–Kier alpha value is -0.693. The van der Waals surface area contributed by atoms with Crippen LogP contribution in [0.3, 0.4) is 0 Å². The molecular formula is C17H34O5Si. The van der Waals surface area contributed by atoms with Crippen LogP contribution in [0.15, 0.2) is 12.7 Å². The molecule has 0 radical (unpaired) electrons. The third kappa shape index (κ3) is 10.7. The quantitative estimate of drug-likeness (QED) is 0.254. The SMILES string of the molecule is C=CC(=O)OC(C)CCC[Si](OCCC)(OCCC)OCCC. The van der Waals surface area contributed by atoms with Gasteiger partial charge in [0.1, 0.15) is 0 Å². The lowest BCUT2D eigenvalue weighted by atomic mass is 10.2. The van der Waals surface area contributed by atoms with Crippen LogP contribution >= 0.6 is 0 Å². The Balaban J connectivity index is 4.56. The molecule has 0 aliphatic carbocycles. The minimum Gasteiger partial charge on any atom is -0.460 e. The summed E-state index contributed by atoms with van der Waals surface area (Å²) in [5, 5.41) is 0. The molecule has 0 rings (SSSR count). The van der Waals surface area contributed by atoms with Crippen molar-refractivity contribution in [3.8, 4) is 0 Å². The maximum atomic E-state index is 11.2. The minimum absolute atomic E-state index is 0.143. The Morgan fingerprint density at radius 2 is 1.52 bits per heavy atom. The van der Waals surface area contributed by atoms with Crippen LogP contribution in [-0.2, 0) is 22.8 Å². The molecule has 136 valence electrons. The molecule has 0 aromatic heterocycles. The molecule has 0 saturated carbocycles. The van der Waals surface area contributed by atoms with Crippen molar-refractivity contribution in [1.29, 1.82) is 0 Å². The Morgan fingerprint density at radius 3 is 1.91 bits per heavy atom. The van der Waals surface area contributed by atoms with E-state index in [-0.39, 0.29) is 12.1 Å². The lowest BCUT2D eigenvalue weighted by Gasteiger charge is -2.30. The number of esters is 1. The largest absolute Gasteiger partial charge is 0.500 e. The molecule has 0 fully saturated rings. The van der Waals surface area contributed by atoms with E-state index in [2.05, 4.69) is 27.4 Å². The maximum absolute atomic E-state index is 11.2. The molecule has 0 saturated heterocycles. The predicted octanol–water partition coefficient (Wildman–Crippen LogP) is 4.10. The van der Waals surface area contributed by atoms with Gasteiger partial charge in [-0.25, -0.2) is 4.79 Å². The second-order valence-electron chi connectivity index (χ2n) is 5.57. The van der Waals surface area contributed by atoms with Crippen LogP contribution in [0.4, 0.5) is 0 Å². The van der Waals surface area contributed by atoms with Crippen LogP contribution in [0.2, 0.25) is 6.04 Å². The molecule has 0 bridgehead atoms. The number of hydrogen-bond donors (Lipinski definition) is 0. The second-order valence-corrected chi connectivity index (χ2v) is 8.30. The van der Waals surface area contributed by atoms with Crippen LogP contribution in [0.25, 0.3) is 0 Å². The van der Waals surface area contributed by atoms with Crippen molar-refractivity contribution in [3.05, 3.63) is 12.7 Å². The highest BCUT2D eigenvalue weighted by atomic mass is 28.4. The number of rotatable bonds is 15. The van der Waals surface area contributed by atoms with Crippen LogP contribution in [0.5, 0.6) is 0 Å². The van der Waals surface area contributed by atoms with E-state index >= 15 is 0 Å². The van der Waals surface area contributed by atoms with Gasteiger partial charge < -0.3 is 18.0 Å². The van der Waals surface area contributed by atoms with Gasteiger partial charge in [0.05, 0.1) is 6.10 Å². The molecule has 1 unspecified atom stereocenters. The number of carbonyl (C=O) groups is 1.